The summed E-state index contributed by atoms with van der Waals surface area (Å²) < 4.78 is 17.4. The van der Waals surface area contributed by atoms with Crippen LogP contribution in [0.5, 0.6) is 0 Å². The van der Waals surface area contributed by atoms with Gasteiger partial charge < -0.3 is 14.2 Å². The number of ether oxygens (including phenoxy) is 3. The molecule has 3 heteroatoms. The predicted molar refractivity (Wildman–Crippen MR) is 92.5 cm³/mol. The Balaban J connectivity index is 2.21. The zero-order chi connectivity index (χ0) is 16.4. The van der Waals surface area contributed by atoms with Gasteiger partial charge in [0.05, 0.1) is 13.2 Å². The van der Waals surface area contributed by atoms with Crippen molar-refractivity contribution in [1.29, 1.82) is 0 Å². The van der Waals surface area contributed by atoms with Crippen molar-refractivity contribution in [3.05, 3.63) is 71.8 Å². The van der Waals surface area contributed by atoms with E-state index in [-0.39, 0.29) is 0 Å². The Morgan fingerprint density at radius 1 is 0.739 bits per heavy atom. The lowest BCUT2D eigenvalue weighted by Gasteiger charge is -2.34. The summed E-state index contributed by atoms with van der Waals surface area (Å²) in [6.45, 7) is 3.67. The molecular weight excluding hydrogens is 288 g/mol. The minimum absolute atomic E-state index is 0.510. The first-order chi connectivity index (χ1) is 11.3. The molecule has 23 heavy (non-hydrogen) atoms. The average molecular weight is 314 g/mol. The van der Waals surface area contributed by atoms with Crippen molar-refractivity contribution in [3.8, 4) is 0 Å². The monoisotopic (exact) mass is 314 g/mol. The summed E-state index contributed by atoms with van der Waals surface area (Å²) in [5.74, 6) is -0.671. The molecule has 0 aliphatic carbocycles. The molecular formula is C20H26O3. The van der Waals surface area contributed by atoms with Crippen LogP contribution in [0.1, 0.15) is 18.1 Å². The lowest BCUT2D eigenvalue weighted by molar-refractivity contribution is -0.237. The van der Waals surface area contributed by atoms with Crippen molar-refractivity contribution in [1.82, 2.24) is 0 Å². The van der Waals surface area contributed by atoms with Crippen LogP contribution in [-0.2, 0) is 27.1 Å². The number of hydrogen-bond acceptors (Lipinski definition) is 3. The van der Waals surface area contributed by atoms with Crippen molar-refractivity contribution < 1.29 is 14.2 Å². The zero-order valence-electron chi connectivity index (χ0n) is 14.0. The first kappa shape index (κ1) is 17.7. The Morgan fingerprint density at radius 3 is 1.70 bits per heavy atom. The molecule has 0 N–H and O–H groups in total. The second kappa shape index (κ2) is 9.46. The third kappa shape index (κ3) is 5.79. The quantitative estimate of drug-likeness (QED) is 0.492. The van der Waals surface area contributed by atoms with Crippen LogP contribution in [0.2, 0.25) is 0 Å². The predicted octanol–water partition coefficient (Wildman–Crippen LogP) is 3.87. The third-order valence-corrected chi connectivity index (χ3v) is 3.69. The minimum atomic E-state index is -0.671. The highest BCUT2D eigenvalue weighted by atomic mass is 16.7. The van der Waals surface area contributed by atoms with Crippen LogP contribution in [0.3, 0.4) is 0 Å². The van der Waals surface area contributed by atoms with E-state index in [4.69, 9.17) is 14.2 Å². The number of benzene rings is 2. The molecule has 0 spiro atoms. The fraction of sp³-hybridized carbons (Fsp3) is 0.400. The molecule has 2 aromatic carbocycles. The Kier molecular flexibility index (Phi) is 7.27. The van der Waals surface area contributed by atoms with Crippen LogP contribution < -0.4 is 0 Å². The summed E-state index contributed by atoms with van der Waals surface area (Å²) in [7, 11) is 1.68. The van der Waals surface area contributed by atoms with Crippen LogP contribution in [0.25, 0.3) is 0 Å². The SMILES string of the molecule is CCOC(Cc1ccccc1)(Cc1ccccc1)OCCOC. The maximum Gasteiger partial charge on any atom is 0.176 e. The van der Waals surface area contributed by atoms with Crippen LogP contribution in [-0.4, -0.2) is 32.7 Å². The van der Waals surface area contributed by atoms with Gasteiger partial charge in [-0.15, -0.1) is 0 Å². The average Bonchev–Trinajstić information content (AvgIpc) is 2.57. The van der Waals surface area contributed by atoms with Gasteiger partial charge in [0.25, 0.3) is 0 Å². The Morgan fingerprint density at radius 2 is 1.26 bits per heavy atom. The summed E-state index contributed by atoms with van der Waals surface area (Å²) in [4.78, 5) is 0. The second-order valence-electron chi connectivity index (χ2n) is 5.51. The lowest BCUT2D eigenvalue weighted by atomic mass is 9.97. The van der Waals surface area contributed by atoms with Crippen LogP contribution >= 0.6 is 0 Å². The first-order valence-electron chi connectivity index (χ1n) is 8.13. The Bertz CT molecular complexity index is 498. The maximum atomic E-state index is 6.17. The maximum absolute atomic E-state index is 6.17. The van der Waals surface area contributed by atoms with E-state index in [0.717, 1.165) is 0 Å². The zero-order valence-corrected chi connectivity index (χ0v) is 14.0. The highest BCUT2D eigenvalue weighted by molar-refractivity contribution is 5.20. The molecule has 0 atom stereocenters. The van der Waals surface area contributed by atoms with E-state index >= 15 is 0 Å². The molecule has 0 aromatic heterocycles. The van der Waals surface area contributed by atoms with Gasteiger partial charge in [0.1, 0.15) is 0 Å². The van der Waals surface area contributed by atoms with E-state index in [1.165, 1.54) is 11.1 Å². The van der Waals surface area contributed by atoms with Gasteiger partial charge in [0.15, 0.2) is 5.79 Å². The van der Waals surface area contributed by atoms with Crippen LogP contribution in [0.15, 0.2) is 60.7 Å². The first-order valence-corrected chi connectivity index (χ1v) is 8.13. The van der Waals surface area contributed by atoms with Gasteiger partial charge in [0.2, 0.25) is 0 Å². The minimum Gasteiger partial charge on any atom is -0.382 e. The highest BCUT2D eigenvalue weighted by Crippen LogP contribution is 2.25. The van der Waals surface area contributed by atoms with Crippen molar-refractivity contribution >= 4 is 0 Å². The van der Waals surface area contributed by atoms with E-state index in [1.54, 1.807) is 7.11 Å². The normalized spacial score (nSPS) is 11.6. The second-order valence-corrected chi connectivity index (χ2v) is 5.51. The summed E-state index contributed by atoms with van der Waals surface area (Å²) in [5, 5.41) is 0. The van der Waals surface area contributed by atoms with Gasteiger partial charge in [-0.25, -0.2) is 0 Å². The van der Waals surface area contributed by atoms with Crippen molar-refractivity contribution in [2.75, 3.05) is 26.9 Å². The number of methoxy groups -OCH3 is 1. The topological polar surface area (TPSA) is 27.7 Å². The van der Waals surface area contributed by atoms with E-state index in [0.29, 0.717) is 32.7 Å². The molecule has 0 amide bonds. The van der Waals surface area contributed by atoms with Gasteiger partial charge in [0, 0.05) is 26.6 Å². The molecule has 0 bridgehead atoms. The Hall–Kier alpha value is -1.68. The van der Waals surface area contributed by atoms with Crippen LogP contribution in [0.4, 0.5) is 0 Å². The number of hydrogen-bond donors (Lipinski definition) is 0. The van der Waals surface area contributed by atoms with Gasteiger partial charge in [-0.3, -0.25) is 0 Å². The number of rotatable bonds is 10. The Labute approximate surface area is 139 Å². The molecule has 2 aromatic rings. The van der Waals surface area contributed by atoms with Crippen LogP contribution in [0, 0.1) is 0 Å². The largest absolute Gasteiger partial charge is 0.382 e. The molecule has 0 saturated heterocycles. The molecule has 3 nitrogen and oxygen atoms in total. The summed E-state index contributed by atoms with van der Waals surface area (Å²) in [6, 6.07) is 20.7. The van der Waals surface area contributed by atoms with Crippen molar-refractivity contribution in [3.63, 3.8) is 0 Å². The van der Waals surface area contributed by atoms with Gasteiger partial charge in [-0.05, 0) is 18.1 Å². The fourth-order valence-electron chi connectivity index (χ4n) is 2.70. The van der Waals surface area contributed by atoms with E-state index in [2.05, 4.69) is 24.3 Å². The molecule has 0 unspecified atom stereocenters. The molecule has 0 fully saturated rings. The molecule has 0 heterocycles. The van der Waals surface area contributed by atoms with Gasteiger partial charge in [-0.1, -0.05) is 60.7 Å². The highest BCUT2D eigenvalue weighted by Gasteiger charge is 2.32. The summed E-state index contributed by atoms with van der Waals surface area (Å²) in [5.41, 5.74) is 2.41. The van der Waals surface area contributed by atoms with Crippen molar-refractivity contribution in [2.24, 2.45) is 0 Å². The summed E-state index contributed by atoms with van der Waals surface area (Å²) in [6.07, 6.45) is 1.42. The van der Waals surface area contributed by atoms with E-state index in [1.807, 2.05) is 43.3 Å². The van der Waals surface area contributed by atoms with Gasteiger partial charge in [-0.2, -0.15) is 0 Å². The molecule has 0 saturated carbocycles. The molecule has 124 valence electrons. The third-order valence-electron chi connectivity index (χ3n) is 3.69. The lowest BCUT2D eigenvalue weighted by Crippen LogP contribution is -2.42. The smallest absolute Gasteiger partial charge is 0.176 e. The standard InChI is InChI=1S/C20H26O3/c1-3-22-20(23-15-14-21-2,16-18-10-6-4-7-11-18)17-19-12-8-5-9-13-19/h4-13H,3,14-17H2,1-2H3. The fourth-order valence-corrected chi connectivity index (χ4v) is 2.70. The van der Waals surface area contributed by atoms with E-state index < -0.39 is 5.79 Å². The molecule has 0 aliphatic heterocycles. The molecule has 0 radical (unpaired) electrons. The van der Waals surface area contributed by atoms with E-state index in [9.17, 15) is 0 Å². The summed E-state index contributed by atoms with van der Waals surface area (Å²) >= 11 is 0. The van der Waals surface area contributed by atoms with Gasteiger partial charge >= 0.3 is 0 Å². The van der Waals surface area contributed by atoms with Crippen molar-refractivity contribution in [2.45, 2.75) is 25.6 Å². The molecule has 2 rings (SSSR count). The molecule has 0 aliphatic rings.